The first-order valence-electron chi connectivity index (χ1n) is 7.66. The molecule has 0 unspecified atom stereocenters. The minimum atomic E-state index is -1.01. The molecule has 0 amide bonds. The number of carboxylic acid groups (broad SMARTS) is 1. The highest BCUT2D eigenvalue weighted by atomic mass is 16.4. The average Bonchev–Trinajstić information content (AvgIpc) is 2.90. The lowest BCUT2D eigenvalue weighted by atomic mass is 10.0. The summed E-state index contributed by atoms with van der Waals surface area (Å²) in [6.45, 7) is 10.0. The second-order valence-corrected chi connectivity index (χ2v) is 5.79. The fraction of sp³-hybridized carbons (Fsp3) is 0.278. The van der Waals surface area contributed by atoms with Gasteiger partial charge in [0.1, 0.15) is 18.1 Å². The average molecular weight is 340 g/mol. The van der Waals surface area contributed by atoms with Crippen LogP contribution in [-0.4, -0.2) is 39.2 Å². The van der Waals surface area contributed by atoms with Crippen molar-refractivity contribution in [3.8, 4) is 0 Å². The number of aliphatic carboxylic acids is 1. The van der Waals surface area contributed by atoms with Gasteiger partial charge in [0.25, 0.3) is 0 Å². The van der Waals surface area contributed by atoms with Crippen molar-refractivity contribution in [3.63, 3.8) is 0 Å². The Morgan fingerprint density at radius 1 is 1.32 bits per heavy atom. The molecular weight excluding hydrogens is 320 g/mol. The smallest absolute Gasteiger partial charge is 0.325 e. The maximum absolute atomic E-state index is 11.9. The number of rotatable bonds is 5. The van der Waals surface area contributed by atoms with Crippen molar-refractivity contribution in [2.45, 2.75) is 34.2 Å². The van der Waals surface area contributed by atoms with E-state index in [4.69, 9.17) is 5.11 Å². The first-order chi connectivity index (χ1) is 11.7. The van der Waals surface area contributed by atoms with Crippen molar-refractivity contribution in [2.75, 3.05) is 0 Å². The Balaban J connectivity index is 2.68. The van der Waals surface area contributed by atoms with Gasteiger partial charge in [-0.1, -0.05) is 0 Å². The standard InChI is InChI=1S/C18H20N4O3/c1-10-6-14(11(2)8-20-13(4)19-5)7-15-17(12(3)23)21-22(18(10)15)9-16(24)25/h6-8H,5,9H2,1-4H3,(H,24,25)/b11-8+,20-13-. The van der Waals surface area contributed by atoms with Crippen LogP contribution in [0.3, 0.4) is 0 Å². The molecule has 0 fully saturated rings. The molecule has 0 bridgehead atoms. The van der Waals surface area contributed by atoms with Crippen LogP contribution in [0.15, 0.2) is 28.3 Å². The van der Waals surface area contributed by atoms with Gasteiger partial charge in [0.05, 0.1) is 5.52 Å². The van der Waals surface area contributed by atoms with Gasteiger partial charge in [-0.2, -0.15) is 5.10 Å². The van der Waals surface area contributed by atoms with E-state index in [9.17, 15) is 9.59 Å². The van der Waals surface area contributed by atoms with Crippen molar-refractivity contribution in [1.29, 1.82) is 0 Å². The van der Waals surface area contributed by atoms with Gasteiger partial charge in [0, 0.05) is 18.5 Å². The third kappa shape index (κ3) is 3.88. The lowest BCUT2D eigenvalue weighted by molar-refractivity contribution is -0.137. The second-order valence-electron chi connectivity index (χ2n) is 5.79. The summed E-state index contributed by atoms with van der Waals surface area (Å²) in [4.78, 5) is 30.9. The molecule has 0 atom stereocenters. The highest BCUT2D eigenvalue weighted by molar-refractivity contribution is 6.06. The number of ketones is 1. The summed E-state index contributed by atoms with van der Waals surface area (Å²) in [5.74, 6) is -0.673. The van der Waals surface area contributed by atoms with E-state index >= 15 is 0 Å². The first kappa shape index (κ1) is 18.3. The number of hydrogen-bond acceptors (Lipinski definition) is 4. The summed E-state index contributed by atoms with van der Waals surface area (Å²) in [6, 6.07) is 3.76. The number of aliphatic imine (C=N–C) groups is 2. The van der Waals surface area contributed by atoms with Crippen LogP contribution < -0.4 is 0 Å². The van der Waals surface area contributed by atoms with E-state index in [-0.39, 0.29) is 18.0 Å². The molecule has 2 aromatic rings. The van der Waals surface area contributed by atoms with E-state index < -0.39 is 5.97 Å². The minimum absolute atomic E-state index is 0.211. The summed E-state index contributed by atoms with van der Waals surface area (Å²) in [5, 5.41) is 13.9. The predicted molar refractivity (Wildman–Crippen MR) is 98.4 cm³/mol. The van der Waals surface area contributed by atoms with Gasteiger partial charge in [0.2, 0.25) is 0 Å². The van der Waals surface area contributed by atoms with Crippen molar-refractivity contribution in [1.82, 2.24) is 9.78 Å². The molecule has 2 rings (SSSR count). The number of hydrogen-bond donors (Lipinski definition) is 1. The first-order valence-corrected chi connectivity index (χ1v) is 7.66. The third-order valence-corrected chi connectivity index (χ3v) is 3.78. The molecule has 1 aromatic heterocycles. The molecular formula is C18H20N4O3. The number of aromatic nitrogens is 2. The van der Waals surface area contributed by atoms with E-state index in [1.165, 1.54) is 11.6 Å². The van der Waals surface area contributed by atoms with Gasteiger partial charge >= 0.3 is 5.97 Å². The largest absolute Gasteiger partial charge is 0.480 e. The summed E-state index contributed by atoms with van der Waals surface area (Å²) in [7, 11) is 0. The van der Waals surface area contributed by atoms with Crippen LogP contribution >= 0.6 is 0 Å². The maximum atomic E-state index is 11.9. The molecule has 7 heteroatoms. The Labute approximate surface area is 145 Å². The van der Waals surface area contributed by atoms with Crippen LogP contribution in [-0.2, 0) is 11.3 Å². The number of amidine groups is 1. The molecule has 25 heavy (non-hydrogen) atoms. The zero-order valence-corrected chi connectivity index (χ0v) is 14.7. The van der Waals surface area contributed by atoms with Crippen molar-refractivity contribution < 1.29 is 14.7 Å². The van der Waals surface area contributed by atoms with Gasteiger partial charge in [-0.25, -0.2) is 9.98 Å². The zero-order valence-electron chi connectivity index (χ0n) is 14.7. The van der Waals surface area contributed by atoms with Crippen molar-refractivity contribution in [2.24, 2.45) is 9.98 Å². The summed E-state index contributed by atoms with van der Waals surface area (Å²) >= 11 is 0. The van der Waals surface area contributed by atoms with Crippen molar-refractivity contribution in [3.05, 3.63) is 35.2 Å². The van der Waals surface area contributed by atoms with Gasteiger partial charge < -0.3 is 5.11 Å². The Bertz CT molecular complexity index is 935. The van der Waals surface area contributed by atoms with E-state index in [1.807, 2.05) is 26.0 Å². The number of carbonyl (C=O) groups excluding carboxylic acids is 1. The normalized spacial score (nSPS) is 12.5. The molecule has 0 saturated heterocycles. The van der Waals surface area contributed by atoms with E-state index in [0.717, 1.165) is 16.7 Å². The van der Waals surface area contributed by atoms with Crippen molar-refractivity contribution >= 4 is 40.8 Å². The van der Waals surface area contributed by atoms with E-state index in [2.05, 4.69) is 21.8 Å². The molecule has 1 N–H and O–H groups in total. The topological polar surface area (TPSA) is 96.9 Å². The van der Waals surface area contributed by atoms with Gasteiger partial charge in [-0.3, -0.25) is 14.3 Å². The van der Waals surface area contributed by atoms with Crippen LogP contribution in [0.2, 0.25) is 0 Å². The molecule has 0 saturated carbocycles. The number of benzene rings is 1. The second kappa shape index (κ2) is 7.21. The Morgan fingerprint density at radius 3 is 2.56 bits per heavy atom. The lowest BCUT2D eigenvalue weighted by Gasteiger charge is -2.07. The van der Waals surface area contributed by atoms with Gasteiger partial charge in [-0.05, 0) is 56.3 Å². The molecule has 0 aliphatic rings. The minimum Gasteiger partial charge on any atom is -0.480 e. The molecule has 0 radical (unpaired) electrons. The predicted octanol–water partition coefficient (Wildman–Crippen LogP) is 3.11. The molecule has 0 spiro atoms. The lowest BCUT2D eigenvalue weighted by Crippen LogP contribution is -2.11. The third-order valence-electron chi connectivity index (χ3n) is 3.78. The van der Waals surface area contributed by atoms with Crippen LogP contribution in [0, 0.1) is 6.92 Å². The summed E-state index contributed by atoms with van der Waals surface area (Å²) < 4.78 is 1.36. The number of aryl methyl sites for hydroxylation is 1. The Hall–Kier alpha value is -3.09. The summed E-state index contributed by atoms with van der Waals surface area (Å²) in [6.07, 6.45) is 1.68. The summed E-state index contributed by atoms with van der Waals surface area (Å²) in [5.41, 5.74) is 3.51. The molecule has 130 valence electrons. The molecule has 1 heterocycles. The molecule has 0 aliphatic carbocycles. The van der Waals surface area contributed by atoms with Crippen LogP contribution in [0.4, 0.5) is 0 Å². The van der Waals surface area contributed by atoms with Gasteiger partial charge in [-0.15, -0.1) is 0 Å². The number of carbonyl (C=O) groups is 2. The fourth-order valence-corrected chi connectivity index (χ4v) is 2.56. The number of fused-ring (bicyclic) bond motifs is 1. The number of carboxylic acids is 1. The van der Waals surface area contributed by atoms with Crippen LogP contribution in [0.1, 0.15) is 42.4 Å². The van der Waals surface area contributed by atoms with Crippen LogP contribution in [0.25, 0.3) is 16.5 Å². The molecule has 0 aliphatic heterocycles. The van der Waals surface area contributed by atoms with Gasteiger partial charge in [0.15, 0.2) is 5.78 Å². The highest BCUT2D eigenvalue weighted by Gasteiger charge is 2.18. The Kier molecular flexibility index (Phi) is 5.26. The number of nitrogens with zero attached hydrogens (tertiary/aromatic N) is 4. The quantitative estimate of drug-likeness (QED) is 0.514. The SMILES string of the molecule is C=N/C(C)=N\C=C(/C)c1cc(C)c2c(c1)c(C(C)=O)nn2CC(=O)O. The van der Waals surface area contributed by atoms with E-state index in [1.54, 1.807) is 13.1 Å². The zero-order chi connectivity index (χ0) is 18.7. The van der Waals surface area contributed by atoms with Crippen LogP contribution in [0.5, 0.6) is 0 Å². The Morgan fingerprint density at radius 2 is 2.00 bits per heavy atom. The fourth-order valence-electron chi connectivity index (χ4n) is 2.56. The highest BCUT2D eigenvalue weighted by Crippen LogP contribution is 2.28. The monoisotopic (exact) mass is 340 g/mol. The number of allylic oxidation sites excluding steroid dienone is 1. The number of Topliss-reactive ketones (excluding diaryl/α,β-unsaturated/α-hetero) is 1. The maximum Gasteiger partial charge on any atom is 0.325 e. The van der Waals surface area contributed by atoms with E-state index in [0.29, 0.717) is 16.7 Å². The molecule has 1 aromatic carbocycles. The molecule has 7 nitrogen and oxygen atoms in total.